The van der Waals surface area contributed by atoms with Gasteiger partial charge in [0, 0.05) is 0 Å². The summed E-state index contributed by atoms with van der Waals surface area (Å²) in [6.45, 7) is -1.19. The van der Waals surface area contributed by atoms with Gasteiger partial charge in [-0.25, -0.2) is 10.1 Å². The topological polar surface area (TPSA) is 38.7 Å². The van der Waals surface area contributed by atoms with Gasteiger partial charge in [0.2, 0.25) is 0 Å². The molecule has 0 aliphatic carbocycles. The number of ether oxygens (including phenoxy) is 1. The molecule has 0 heterocycles. The summed E-state index contributed by atoms with van der Waals surface area (Å²) < 4.78 is 35.4. The van der Waals surface area contributed by atoms with Crippen LogP contribution >= 0.6 is 0 Å². The van der Waals surface area contributed by atoms with Gasteiger partial charge in [-0.15, -0.1) is 13.2 Å². The average molecular weight is 132 g/mol. The summed E-state index contributed by atoms with van der Waals surface area (Å²) >= 11 is 0. The van der Waals surface area contributed by atoms with Crippen molar-refractivity contribution in [3.05, 3.63) is 0 Å². The molecule has 0 aromatic heterocycles. The maximum Gasteiger partial charge on any atom is 0.524 e. The van der Waals surface area contributed by atoms with Crippen molar-refractivity contribution in [1.82, 2.24) is 0 Å². The number of rotatable bonds is 2. The largest absolute Gasteiger partial charge is 0.524 e. The van der Waals surface area contributed by atoms with Crippen molar-refractivity contribution < 1.29 is 28.1 Å². The van der Waals surface area contributed by atoms with Crippen molar-refractivity contribution in [2.45, 2.75) is 6.36 Å². The standard InChI is InChI=1S/C2H3F3O3/c3-2(4,5)7-1-8-6/h6H,1H2. The maximum atomic E-state index is 10.8. The van der Waals surface area contributed by atoms with E-state index < -0.39 is 13.2 Å². The van der Waals surface area contributed by atoms with Crippen LogP contribution in [-0.2, 0) is 9.62 Å². The zero-order valence-electron chi connectivity index (χ0n) is 3.60. The first-order valence-electron chi connectivity index (χ1n) is 1.53. The second-order valence-corrected chi connectivity index (χ2v) is 0.837. The average Bonchev–Trinajstić information content (AvgIpc) is 1.59. The van der Waals surface area contributed by atoms with Gasteiger partial charge < -0.3 is 0 Å². The van der Waals surface area contributed by atoms with Crippen LogP contribution in [0.1, 0.15) is 0 Å². The summed E-state index contributed by atoms with van der Waals surface area (Å²) in [6, 6.07) is 0. The minimum atomic E-state index is -4.73. The fraction of sp³-hybridized carbons (Fsp3) is 1.00. The van der Waals surface area contributed by atoms with Crippen molar-refractivity contribution >= 4 is 0 Å². The Morgan fingerprint density at radius 2 is 1.88 bits per heavy atom. The van der Waals surface area contributed by atoms with E-state index in [1.165, 1.54) is 0 Å². The van der Waals surface area contributed by atoms with E-state index in [4.69, 9.17) is 5.26 Å². The van der Waals surface area contributed by atoms with Crippen LogP contribution in [0.2, 0.25) is 0 Å². The predicted octanol–water partition coefficient (Wildman–Crippen LogP) is 0.970. The molecule has 0 aliphatic heterocycles. The zero-order valence-corrected chi connectivity index (χ0v) is 3.60. The SMILES string of the molecule is OOCOC(F)(F)F. The van der Waals surface area contributed by atoms with Crippen LogP contribution < -0.4 is 0 Å². The number of hydrogen-bond acceptors (Lipinski definition) is 3. The molecule has 1 N–H and O–H groups in total. The van der Waals surface area contributed by atoms with E-state index in [0.29, 0.717) is 0 Å². The second-order valence-electron chi connectivity index (χ2n) is 0.837. The van der Waals surface area contributed by atoms with E-state index in [-0.39, 0.29) is 0 Å². The highest BCUT2D eigenvalue weighted by Gasteiger charge is 2.28. The molecular weight excluding hydrogens is 129 g/mol. The maximum absolute atomic E-state index is 10.8. The third-order valence-electron chi connectivity index (χ3n) is 0.275. The lowest BCUT2D eigenvalue weighted by atomic mass is 11.3. The Hall–Kier alpha value is -0.330. The molecule has 0 aromatic carbocycles. The number of alkyl halides is 3. The van der Waals surface area contributed by atoms with Crippen molar-refractivity contribution in [2.75, 3.05) is 6.79 Å². The Labute approximate surface area is 42.6 Å². The second kappa shape index (κ2) is 2.85. The molecule has 0 spiro atoms. The van der Waals surface area contributed by atoms with E-state index in [9.17, 15) is 13.2 Å². The Bertz CT molecular complexity index is 60.0. The molecule has 6 heteroatoms. The summed E-state index contributed by atoms with van der Waals surface area (Å²) in [6.07, 6.45) is -4.73. The summed E-state index contributed by atoms with van der Waals surface area (Å²) in [7, 11) is 0. The monoisotopic (exact) mass is 132 g/mol. The van der Waals surface area contributed by atoms with Gasteiger partial charge in [0.05, 0.1) is 0 Å². The van der Waals surface area contributed by atoms with Gasteiger partial charge in [-0.1, -0.05) is 0 Å². The van der Waals surface area contributed by atoms with E-state index in [1.54, 1.807) is 0 Å². The fourth-order valence-electron chi connectivity index (χ4n) is 0.0932. The van der Waals surface area contributed by atoms with Gasteiger partial charge in [-0.2, -0.15) is 0 Å². The number of hydrogen-bond donors (Lipinski definition) is 1. The van der Waals surface area contributed by atoms with Gasteiger partial charge >= 0.3 is 6.36 Å². The lowest BCUT2D eigenvalue weighted by molar-refractivity contribution is -0.398. The van der Waals surface area contributed by atoms with Crippen LogP contribution in [-0.4, -0.2) is 18.4 Å². The van der Waals surface area contributed by atoms with Crippen molar-refractivity contribution in [2.24, 2.45) is 0 Å². The summed E-state index contributed by atoms with van der Waals surface area (Å²) in [5.41, 5.74) is 0. The molecule has 8 heavy (non-hydrogen) atoms. The van der Waals surface area contributed by atoms with E-state index in [1.807, 2.05) is 0 Å². The van der Waals surface area contributed by atoms with Gasteiger partial charge in [-0.3, -0.25) is 4.74 Å². The summed E-state index contributed by atoms with van der Waals surface area (Å²) in [5, 5.41) is 7.30. The van der Waals surface area contributed by atoms with Crippen LogP contribution in [0.5, 0.6) is 0 Å². The number of halogens is 3. The summed E-state index contributed by atoms with van der Waals surface area (Å²) in [5.74, 6) is 0. The highest BCUT2D eigenvalue weighted by atomic mass is 19.4. The minimum Gasteiger partial charge on any atom is -0.262 e. The smallest absolute Gasteiger partial charge is 0.262 e. The molecule has 50 valence electrons. The quantitative estimate of drug-likeness (QED) is 0.345. The molecule has 0 atom stereocenters. The molecule has 0 radical (unpaired) electrons. The molecule has 0 unspecified atom stereocenters. The van der Waals surface area contributed by atoms with Gasteiger partial charge in [0.15, 0.2) is 6.79 Å². The normalized spacial score (nSPS) is 12.0. The van der Waals surface area contributed by atoms with Crippen molar-refractivity contribution in [1.29, 1.82) is 0 Å². The van der Waals surface area contributed by atoms with Crippen LogP contribution in [0.4, 0.5) is 13.2 Å². The first-order valence-corrected chi connectivity index (χ1v) is 1.53. The van der Waals surface area contributed by atoms with Crippen LogP contribution in [0.25, 0.3) is 0 Å². The Morgan fingerprint density at radius 3 is 2.00 bits per heavy atom. The summed E-state index contributed by atoms with van der Waals surface area (Å²) in [4.78, 5) is 2.98. The lowest BCUT2D eigenvalue weighted by Gasteiger charge is -2.02. The predicted molar refractivity (Wildman–Crippen MR) is 15.7 cm³/mol. The Morgan fingerprint density at radius 1 is 1.38 bits per heavy atom. The van der Waals surface area contributed by atoms with E-state index >= 15 is 0 Å². The minimum absolute atomic E-state index is 1.19. The van der Waals surface area contributed by atoms with Crippen molar-refractivity contribution in [3.8, 4) is 0 Å². The molecule has 0 saturated heterocycles. The zero-order chi connectivity index (χ0) is 6.62. The molecule has 3 nitrogen and oxygen atoms in total. The lowest BCUT2D eigenvalue weighted by Crippen LogP contribution is -2.14. The van der Waals surface area contributed by atoms with E-state index in [2.05, 4.69) is 9.62 Å². The first-order chi connectivity index (χ1) is 3.56. The highest BCUT2D eigenvalue weighted by Crippen LogP contribution is 2.15. The van der Waals surface area contributed by atoms with Crippen LogP contribution in [0, 0.1) is 0 Å². The Kier molecular flexibility index (Phi) is 2.74. The molecule has 0 bridgehead atoms. The molecule has 0 aromatic rings. The third kappa shape index (κ3) is 5.67. The van der Waals surface area contributed by atoms with Gasteiger partial charge in [-0.05, 0) is 0 Å². The van der Waals surface area contributed by atoms with Gasteiger partial charge in [0.25, 0.3) is 0 Å². The van der Waals surface area contributed by atoms with Crippen molar-refractivity contribution in [3.63, 3.8) is 0 Å². The molecule has 0 fully saturated rings. The van der Waals surface area contributed by atoms with Crippen LogP contribution in [0.3, 0.4) is 0 Å². The molecule has 0 rings (SSSR count). The van der Waals surface area contributed by atoms with Crippen LogP contribution in [0.15, 0.2) is 0 Å². The van der Waals surface area contributed by atoms with Gasteiger partial charge in [0.1, 0.15) is 0 Å². The molecule has 0 aliphatic rings. The molecule has 0 saturated carbocycles. The first kappa shape index (κ1) is 7.67. The molecular formula is C2H3F3O3. The fourth-order valence-corrected chi connectivity index (χ4v) is 0.0932. The molecule has 0 amide bonds. The Balaban J connectivity index is 3.11. The van der Waals surface area contributed by atoms with E-state index in [0.717, 1.165) is 0 Å². The third-order valence-corrected chi connectivity index (χ3v) is 0.275. The highest BCUT2D eigenvalue weighted by molar-refractivity contribution is 4.18.